The fourth-order valence-corrected chi connectivity index (χ4v) is 1.89. The Hall–Kier alpha value is -0.412. The van der Waals surface area contributed by atoms with Crippen molar-refractivity contribution in [1.82, 2.24) is 5.16 Å². The van der Waals surface area contributed by atoms with Crippen LogP contribution in [0.25, 0.3) is 0 Å². The summed E-state index contributed by atoms with van der Waals surface area (Å²) in [5, 5.41) is 6.59. The van der Waals surface area contributed by atoms with Crippen LogP contribution in [0.3, 0.4) is 0 Å². The third-order valence-corrected chi connectivity index (χ3v) is 2.85. The van der Waals surface area contributed by atoms with E-state index in [1.54, 1.807) is 12.3 Å². The van der Waals surface area contributed by atoms with E-state index in [1.165, 1.54) is 0 Å². The summed E-state index contributed by atoms with van der Waals surface area (Å²) in [5.41, 5.74) is 3.15. The average Bonchev–Trinajstić information content (AvgIpc) is 2.77. The second kappa shape index (κ2) is 9.57. The van der Waals surface area contributed by atoms with Gasteiger partial charge in [0, 0.05) is 56.8 Å². The molecule has 4 nitrogen and oxygen atoms in total. The number of anilines is 1. The number of aromatic nitrogens is 1. The molecule has 0 aliphatic rings. The molecule has 0 fully saturated rings. The van der Waals surface area contributed by atoms with E-state index in [-0.39, 0.29) is 57.2 Å². The number of carbonyl (C=O) groups excluding carboxylic acids is 1. The van der Waals surface area contributed by atoms with E-state index in [2.05, 4.69) is 29.5 Å². The van der Waals surface area contributed by atoms with Gasteiger partial charge in [-0.05, 0) is 6.42 Å². The van der Waals surface area contributed by atoms with Crippen molar-refractivity contribution in [2.75, 3.05) is 5.32 Å². The molecule has 0 atom stereocenters. The molecule has 0 saturated heterocycles. The van der Waals surface area contributed by atoms with Crippen LogP contribution in [0, 0.1) is 26.0 Å². The van der Waals surface area contributed by atoms with Gasteiger partial charge in [0.1, 0.15) is 12.2 Å². The molecule has 1 amide bonds. The third-order valence-electron chi connectivity index (χ3n) is 2.85. The molecular weight excluding hydrogens is 380 g/mol. The topological polar surface area (TPSA) is 55.1 Å². The van der Waals surface area contributed by atoms with Gasteiger partial charge in [-0.25, -0.2) is 0 Å². The summed E-state index contributed by atoms with van der Waals surface area (Å²) in [7, 11) is 0. The predicted octanol–water partition coefficient (Wildman–Crippen LogP) is 3.09. The molecule has 108 valence electrons. The van der Waals surface area contributed by atoms with Crippen molar-refractivity contribution >= 4 is 11.7 Å². The van der Waals surface area contributed by atoms with Crippen molar-refractivity contribution in [1.29, 1.82) is 0 Å². The monoisotopic (exact) mass is 396 g/mol. The zero-order valence-electron chi connectivity index (χ0n) is 12.4. The Labute approximate surface area is 162 Å². The number of hydrogen-bond acceptors (Lipinski definition) is 3. The fraction of sp³-hybridized carbons (Fsp3) is 0.333. The first-order chi connectivity index (χ1) is 9.11. The number of amides is 1. The fourth-order valence-electron chi connectivity index (χ4n) is 1.89. The van der Waals surface area contributed by atoms with Crippen molar-refractivity contribution in [3.8, 4) is 0 Å². The first-order valence-corrected chi connectivity index (χ1v) is 6.27. The van der Waals surface area contributed by atoms with E-state index in [1.807, 2.05) is 13.8 Å². The SMILES string of the molecule is CCCc1conc1NC(=O)c1c[c-]c(C)[c-]c1C.[V].[Y]. The summed E-state index contributed by atoms with van der Waals surface area (Å²) in [5.74, 6) is 0.281. The van der Waals surface area contributed by atoms with Crippen LogP contribution in [0.1, 0.15) is 40.4 Å². The van der Waals surface area contributed by atoms with E-state index >= 15 is 0 Å². The van der Waals surface area contributed by atoms with Crippen molar-refractivity contribution < 1.29 is 60.6 Å². The van der Waals surface area contributed by atoms with E-state index < -0.39 is 0 Å². The van der Waals surface area contributed by atoms with Gasteiger partial charge < -0.3 is 22.0 Å². The maximum atomic E-state index is 12.2. The number of carbonyl (C=O) groups is 1. The van der Waals surface area contributed by atoms with Crippen LogP contribution >= 0.6 is 0 Å². The van der Waals surface area contributed by atoms with E-state index in [0.29, 0.717) is 11.4 Å². The summed E-state index contributed by atoms with van der Waals surface area (Å²) in [6, 6.07) is 7.74. The average molecular weight is 396 g/mol. The van der Waals surface area contributed by atoms with Crippen LogP contribution in [0.4, 0.5) is 5.82 Å². The third kappa shape index (κ3) is 5.37. The van der Waals surface area contributed by atoms with Crippen LogP contribution in [-0.2, 0) is 57.7 Å². The largest absolute Gasteiger partial charge is 0.362 e. The minimum atomic E-state index is -0.212. The number of benzene rings is 1. The molecule has 2 rings (SSSR count). The Morgan fingerprint density at radius 1 is 1.43 bits per heavy atom. The van der Waals surface area contributed by atoms with Gasteiger partial charge in [0.05, 0.1) is 0 Å². The number of aryl methyl sites for hydroxylation is 3. The maximum absolute atomic E-state index is 12.2. The molecule has 2 aromatic rings. The smallest absolute Gasteiger partial charge is 0.177 e. The summed E-state index contributed by atoms with van der Waals surface area (Å²) in [4.78, 5) is 12.2. The molecule has 2 radical (unpaired) electrons. The van der Waals surface area contributed by atoms with Crippen LogP contribution < -0.4 is 5.32 Å². The number of nitrogens with zero attached hydrogens (tertiary/aromatic N) is 1. The minimum absolute atomic E-state index is 0. The molecule has 1 N–H and O–H groups in total. The second-order valence-electron chi connectivity index (χ2n) is 4.47. The van der Waals surface area contributed by atoms with Crippen molar-refractivity contribution in [3.63, 3.8) is 0 Å². The van der Waals surface area contributed by atoms with Crippen LogP contribution in [-0.4, -0.2) is 11.1 Å². The molecule has 1 aromatic heterocycles. The normalized spacial score (nSPS) is 9.48. The molecule has 0 unspecified atom stereocenters. The Bertz CT molecular complexity index is 599. The Morgan fingerprint density at radius 2 is 2.14 bits per heavy atom. The van der Waals surface area contributed by atoms with Crippen molar-refractivity contribution in [3.05, 3.63) is 46.7 Å². The van der Waals surface area contributed by atoms with Gasteiger partial charge in [0.25, 0.3) is 0 Å². The quantitative estimate of drug-likeness (QED) is 0.809. The van der Waals surface area contributed by atoms with E-state index in [9.17, 15) is 4.79 Å². The number of hydrogen-bond donors (Lipinski definition) is 1. The van der Waals surface area contributed by atoms with Gasteiger partial charge in [-0.1, -0.05) is 32.3 Å². The first-order valence-electron chi connectivity index (χ1n) is 6.27. The first kappa shape index (κ1) is 20.6. The van der Waals surface area contributed by atoms with Crippen LogP contribution in [0.15, 0.2) is 16.9 Å². The molecule has 0 bridgehead atoms. The van der Waals surface area contributed by atoms with Gasteiger partial charge in [0.15, 0.2) is 5.82 Å². The second-order valence-corrected chi connectivity index (χ2v) is 4.47. The van der Waals surface area contributed by atoms with Gasteiger partial charge >= 0.3 is 0 Å². The molecule has 0 spiro atoms. The predicted molar refractivity (Wildman–Crippen MR) is 72.0 cm³/mol. The molecule has 6 heteroatoms. The Kier molecular flexibility index (Phi) is 9.39. The number of rotatable bonds is 4. The minimum Gasteiger partial charge on any atom is -0.362 e. The zero-order valence-corrected chi connectivity index (χ0v) is 16.6. The van der Waals surface area contributed by atoms with Gasteiger partial charge in [-0.15, -0.1) is 0 Å². The summed E-state index contributed by atoms with van der Waals surface area (Å²) < 4.78 is 4.90. The number of nitrogens with one attached hydrogen (secondary N) is 1. The molecule has 1 aromatic carbocycles. The Balaban J connectivity index is 0.00000200. The summed E-state index contributed by atoms with van der Waals surface area (Å²) in [6.45, 7) is 5.81. The molecule has 0 aliphatic carbocycles. The van der Waals surface area contributed by atoms with E-state index in [4.69, 9.17) is 4.52 Å². The van der Waals surface area contributed by atoms with Gasteiger partial charge in [-0.3, -0.25) is 22.0 Å². The maximum Gasteiger partial charge on any atom is 0.177 e. The van der Waals surface area contributed by atoms with Crippen molar-refractivity contribution in [2.24, 2.45) is 0 Å². The van der Waals surface area contributed by atoms with E-state index in [0.717, 1.165) is 29.5 Å². The zero-order chi connectivity index (χ0) is 13.8. The Morgan fingerprint density at radius 3 is 2.76 bits per heavy atom. The summed E-state index contributed by atoms with van der Waals surface area (Å²) in [6.07, 6.45) is 3.36. The van der Waals surface area contributed by atoms with Gasteiger partial charge in [0.2, 0.25) is 0 Å². The molecule has 0 saturated carbocycles. The molecule has 21 heavy (non-hydrogen) atoms. The van der Waals surface area contributed by atoms with Gasteiger partial charge in [-0.2, -0.15) is 5.56 Å². The van der Waals surface area contributed by atoms with Crippen molar-refractivity contribution in [2.45, 2.75) is 33.6 Å². The van der Waals surface area contributed by atoms with Crippen LogP contribution in [0.2, 0.25) is 0 Å². The standard InChI is InChI=1S/C15H16N2O2.V.Y/c1-4-5-12-9-19-17-14(12)16-15(18)13-7-6-10(2)8-11(13)3;;/h7,9H,4-5H2,1-3H3,(H,16,17,18);;/q-2;;. The molecule has 1 heterocycles. The molecule has 0 aliphatic heterocycles. The summed E-state index contributed by atoms with van der Waals surface area (Å²) >= 11 is 0. The van der Waals surface area contributed by atoms with Crippen LogP contribution in [0.5, 0.6) is 0 Å². The molecular formula is C15H16N2O2VY-2.